The van der Waals surface area contributed by atoms with Gasteiger partial charge in [0, 0.05) is 25.7 Å². The largest absolute Gasteiger partial charge is 0.481 e. The minimum Gasteiger partial charge on any atom is -0.481 e. The van der Waals surface area contributed by atoms with E-state index in [0.29, 0.717) is 17.7 Å². The number of carboxylic acids is 2. The lowest BCUT2D eigenvalue weighted by molar-refractivity contribution is -0.142. The van der Waals surface area contributed by atoms with Gasteiger partial charge in [0.25, 0.3) is 0 Å². The quantitative estimate of drug-likeness (QED) is 0.0270. The van der Waals surface area contributed by atoms with Gasteiger partial charge in [-0.25, -0.2) is 4.79 Å². The first-order valence-electron chi connectivity index (χ1n) is 26.8. The van der Waals surface area contributed by atoms with Crippen LogP contribution in [0.1, 0.15) is 96.5 Å². The number of amides is 12. The maximum Gasteiger partial charge on any atom is 0.326 e. The number of benzene rings is 1. The molecule has 0 spiro atoms. The molecule has 0 aliphatic heterocycles. The Morgan fingerprint density at radius 3 is 1.20 bits per heavy atom. The third kappa shape index (κ3) is 29.3. The summed E-state index contributed by atoms with van der Waals surface area (Å²) in [6.45, 7) is 1.34. The molecule has 0 radical (unpaired) electrons. The second-order valence-electron chi connectivity index (χ2n) is 19.9. The fourth-order valence-electron chi connectivity index (χ4n) is 7.81. The Balaban J connectivity index is 3.55. The molecule has 23 N–H and O–H groups in total. The van der Waals surface area contributed by atoms with Crippen LogP contribution in [-0.4, -0.2) is 195 Å². The molecule has 0 aliphatic rings. The maximum absolute atomic E-state index is 14.2. The van der Waals surface area contributed by atoms with Crippen LogP contribution < -0.4 is 76.5 Å². The zero-order valence-corrected chi connectivity index (χ0v) is 47.9. The van der Waals surface area contributed by atoms with Crippen LogP contribution in [0, 0.1) is 5.92 Å². The van der Waals surface area contributed by atoms with Gasteiger partial charge in [0.05, 0.1) is 25.7 Å². The average molecular weight is 1210 g/mol. The van der Waals surface area contributed by atoms with E-state index >= 15 is 0 Å². The van der Waals surface area contributed by atoms with Crippen LogP contribution in [0.2, 0.25) is 0 Å². The molecule has 0 aliphatic carbocycles. The van der Waals surface area contributed by atoms with E-state index in [0.717, 1.165) is 0 Å². The van der Waals surface area contributed by atoms with E-state index in [1.165, 1.54) is 11.8 Å². The van der Waals surface area contributed by atoms with Gasteiger partial charge in [-0.1, -0.05) is 44.2 Å². The van der Waals surface area contributed by atoms with Crippen LogP contribution >= 0.6 is 11.8 Å². The van der Waals surface area contributed by atoms with Gasteiger partial charge in [0.15, 0.2) is 0 Å². The summed E-state index contributed by atoms with van der Waals surface area (Å²) in [5.74, 6) is -15.5. The average Bonchev–Trinajstić information content (AvgIpc) is 3.58. The Labute approximate surface area is 488 Å². The number of aliphatic hydroxyl groups excluding tert-OH is 2. The van der Waals surface area contributed by atoms with Gasteiger partial charge >= 0.3 is 11.9 Å². The fourth-order valence-corrected chi connectivity index (χ4v) is 8.28. The Morgan fingerprint density at radius 2 is 0.833 bits per heavy atom. The smallest absolute Gasteiger partial charge is 0.326 e. The minimum absolute atomic E-state index is 0.0172. The van der Waals surface area contributed by atoms with Crippen molar-refractivity contribution in [1.82, 2.24) is 47.9 Å². The molecule has 12 amide bonds. The van der Waals surface area contributed by atoms with Gasteiger partial charge in [0.1, 0.15) is 54.4 Å². The van der Waals surface area contributed by atoms with Crippen LogP contribution in [-0.2, 0) is 73.5 Å². The van der Waals surface area contributed by atoms with Crippen LogP contribution in [0.25, 0.3) is 0 Å². The van der Waals surface area contributed by atoms with E-state index in [1.807, 2.05) is 0 Å². The van der Waals surface area contributed by atoms with Crippen LogP contribution in [0.3, 0.4) is 0 Å². The van der Waals surface area contributed by atoms with E-state index in [4.69, 9.17) is 33.8 Å². The Kier molecular flexibility index (Phi) is 34.8. The predicted molar refractivity (Wildman–Crippen MR) is 300 cm³/mol. The minimum atomic E-state index is -1.78. The number of carboxylic acid groups (broad SMARTS) is 2. The second kappa shape index (κ2) is 39.5. The lowest BCUT2D eigenvalue weighted by atomic mass is 10.0. The highest BCUT2D eigenvalue weighted by molar-refractivity contribution is 7.98. The zero-order valence-electron chi connectivity index (χ0n) is 47.1. The molecule has 10 atom stereocenters. The van der Waals surface area contributed by atoms with Crippen molar-refractivity contribution < 1.29 is 87.5 Å². The summed E-state index contributed by atoms with van der Waals surface area (Å²) in [6.07, 6.45) is -2.20. The topological polar surface area (TPSA) is 558 Å². The van der Waals surface area contributed by atoms with Gasteiger partial charge in [0.2, 0.25) is 70.9 Å². The monoisotopic (exact) mass is 1210 g/mol. The number of carbonyl (C=O) groups is 14. The van der Waals surface area contributed by atoms with Crippen molar-refractivity contribution in [2.24, 2.45) is 34.6 Å². The van der Waals surface area contributed by atoms with Crippen molar-refractivity contribution in [1.29, 1.82) is 0 Å². The van der Waals surface area contributed by atoms with Crippen LogP contribution in [0.4, 0.5) is 0 Å². The number of primary amides is 3. The van der Waals surface area contributed by atoms with E-state index in [9.17, 15) is 82.4 Å². The molecule has 0 saturated heterocycles. The number of unbranched alkanes of at least 4 members (excludes halogenated alkanes) is 1. The Hall–Kier alpha value is -8.01. The van der Waals surface area contributed by atoms with Crippen LogP contribution in [0.5, 0.6) is 0 Å². The van der Waals surface area contributed by atoms with Crippen molar-refractivity contribution in [2.75, 3.05) is 31.8 Å². The molecule has 470 valence electrons. The van der Waals surface area contributed by atoms with E-state index < -0.39 is 207 Å². The molecule has 1 aromatic carbocycles. The fraction of sp³-hybridized carbons (Fsp3) is 0.608. The number of rotatable bonds is 43. The van der Waals surface area contributed by atoms with Crippen molar-refractivity contribution in [3.63, 3.8) is 0 Å². The first-order chi connectivity index (χ1) is 39.6. The number of carbonyl (C=O) groups excluding carboxylic acids is 12. The lowest BCUT2D eigenvalue weighted by Gasteiger charge is -2.28. The highest BCUT2D eigenvalue weighted by Gasteiger charge is 2.36. The van der Waals surface area contributed by atoms with E-state index in [-0.39, 0.29) is 38.6 Å². The predicted octanol–water partition coefficient (Wildman–Crippen LogP) is -6.81. The normalized spacial score (nSPS) is 14.6. The number of hydrogen-bond acceptors (Lipinski definition) is 19. The molecule has 0 unspecified atom stereocenters. The first kappa shape index (κ1) is 74.0. The van der Waals surface area contributed by atoms with E-state index in [2.05, 4.69) is 47.9 Å². The molecular formula is C51H82N14O18S. The summed E-state index contributed by atoms with van der Waals surface area (Å²) in [4.78, 5) is 182. The van der Waals surface area contributed by atoms with Crippen LogP contribution in [0.15, 0.2) is 30.3 Å². The van der Waals surface area contributed by atoms with Crippen molar-refractivity contribution in [2.45, 2.75) is 158 Å². The van der Waals surface area contributed by atoms with Gasteiger partial charge in [-0.3, -0.25) is 62.3 Å². The SMILES string of the molecule is CSCC[C@H](NC(=O)[C@H](CO)NC(=O)[C@H](CCC(N)=O)NC(=O)[C@H](CCC(N)=O)NC(=O)[C@H](CC(C)C)NC(=O)[C@H](CCC(N)=O)NC(=O)[C@H](CCCCN)NC(=O)[C@H](CO)NC(=O)[C@H](Cc1ccccc1)NC(=O)[C@@H](N)CC(=O)O)C(=O)O. The third-order valence-corrected chi connectivity index (χ3v) is 13.0. The Bertz CT molecular complexity index is 2420. The molecule has 0 aromatic heterocycles. The zero-order chi connectivity index (χ0) is 63.6. The molecule has 0 bridgehead atoms. The van der Waals surface area contributed by atoms with Crippen molar-refractivity contribution in [3.8, 4) is 0 Å². The first-order valence-corrected chi connectivity index (χ1v) is 28.2. The summed E-state index contributed by atoms with van der Waals surface area (Å²) < 4.78 is 0. The van der Waals surface area contributed by atoms with Gasteiger partial charge in [-0.05, 0) is 81.4 Å². The summed E-state index contributed by atoms with van der Waals surface area (Å²) in [5.41, 5.74) is 28.0. The number of thioether (sulfide) groups is 1. The Morgan fingerprint density at radius 1 is 0.476 bits per heavy atom. The molecule has 84 heavy (non-hydrogen) atoms. The molecule has 32 nitrogen and oxygen atoms in total. The number of aliphatic hydroxyl groups is 2. The molecule has 1 aromatic rings. The molecule has 33 heteroatoms. The molecule has 0 heterocycles. The molecular weight excluding hydrogens is 1130 g/mol. The standard InChI is InChI=1S/C51H82N14O18S/c1-26(2)21-34(47(78)60-30(12-15-38(54)68)44(75)59-32(14-17-40(56)70)46(77)64-37(25-67)50(81)61-33(51(82)83)18-20-84-3)63-45(76)31(13-16-39(55)69)58-43(74)29(11-7-8-19-52)57-49(80)36(24-66)65-48(79)35(22-27-9-5-4-6-10-27)62-42(73)28(53)23-41(71)72/h4-6,9-10,26,28-37,66-67H,7-8,11-25,52-53H2,1-3H3,(H2,54,68)(H2,55,69)(H2,56,70)(H,57,80)(H,58,74)(H,59,75)(H,60,78)(H,61,81)(H,62,73)(H,63,76)(H,64,77)(H,65,79)(H,71,72)(H,82,83)/t28-,29-,30-,31-,32-,33-,34-,35-,36-,37-/m0/s1. The molecule has 0 saturated carbocycles. The lowest BCUT2D eigenvalue weighted by Crippen LogP contribution is -2.61. The molecule has 0 fully saturated rings. The third-order valence-electron chi connectivity index (χ3n) is 12.4. The van der Waals surface area contributed by atoms with Gasteiger partial charge in [-0.15, -0.1) is 0 Å². The number of nitrogens with two attached hydrogens (primary N) is 5. The summed E-state index contributed by atoms with van der Waals surface area (Å²) in [6, 6.07) is -8.02. The molecule has 1 rings (SSSR count). The van der Waals surface area contributed by atoms with Crippen molar-refractivity contribution >= 4 is 94.6 Å². The van der Waals surface area contributed by atoms with Gasteiger partial charge < -0.3 is 96.9 Å². The number of hydrogen-bond donors (Lipinski definition) is 18. The van der Waals surface area contributed by atoms with E-state index in [1.54, 1.807) is 50.4 Å². The van der Waals surface area contributed by atoms with Gasteiger partial charge in [-0.2, -0.15) is 11.8 Å². The van der Waals surface area contributed by atoms with Crippen molar-refractivity contribution in [3.05, 3.63) is 35.9 Å². The highest BCUT2D eigenvalue weighted by Crippen LogP contribution is 2.12. The summed E-state index contributed by atoms with van der Waals surface area (Å²) in [7, 11) is 0. The second-order valence-corrected chi connectivity index (χ2v) is 20.8. The number of aliphatic carboxylic acids is 2. The highest BCUT2D eigenvalue weighted by atomic mass is 32.2. The summed E-state index contributed by atoms with van der Waals surface area (Å²) >= 11 is 1.29. The number of nitrogens with one attached hydrogen (secondary N) is 9. The summed E-state index contributed by atoms with van der Waals surface area (Å²) in [5, 5.41) is 60.1. The maximum atomic E-state index is 14.2.